The summed E-state index contributed by atoms with van der Waals surface area (Å²) in [6.45, 7) is 4.90. The van der Waals surface area contributed by atoms with Gasteiger partial charge in [-0.2, -0.15) is 0 Å². The number of carbonyl (C=O) groups is 1. The molecule has 1 heterocycles. The van der Waals surface area contributed by atoms with E-state index >= 15 is 0 Å². The van der Waals surface area contributed by atoms with Gasteiger partial charge in [-0.3, -0.25) is 9.69 Å². The molecule has 140 valence electrons. The summed E-state index contributed by atoms with van der Waals surface area (Å²) < 4.78 is 0. The van der Waals surface area contributed by atoms with Crippen molar-refractivity contribution in [2.45, 2.75) is 51.5 Å². The van der Waals surface area contributed by atoms with Crippen LogP contribution in [0.15, 0.2) is 30.3 Å². The Kier molecular flexibility index (Phi) is 4.31. The van der Waals surface area contributed by atoms with Crippen molar-refractivity contribution >= 4 is 5.91 Å². The Balaban J connectivity index is 1.23. The van der Waals surface area contributed by atoms with Crippen LogP contribution in [0, 0.1) is 23.2 Å². The zero-order chi connectivity index (χ0) is 17.6. The first-order valence-electron chi connectivity index (χ1n) is 10.8. The van der Waals surface area contributed by atoms with Gasteiger partial charge in [0.2, 0.25) is 5.91 Å². The Morgan fingerprint density at radius 3 is 2.15 bits per heavy atom. The first kappa shape index (κ1) is 16.8. The van der Waals surface area contributed by atoms with Crippen molar-refractivity contribution in [3.05, 3.63) is 35.9 Å². The van der Waals surface area contributed by atoms with E-state index in [1.54, 1.807) is 0 Å². The molecule has 3 nitrogen and oxygen atoms in total. The maximum Gasteiger partial charge on any atom is 0.228 e. The normalized spacial score (nSPS) is 36.9. The van der Waals surface area contributed by atoms with E-state index in [0.717, 1.165) is 50.5 Å². The van der Waals surface area contributed by atoms with Crippen LogP contribution in [0.2, 0.25) is 0 Å². The van der Waals surface area contributed by atoms with Crippen LogP contribution in [0.1, 0.15) is 50.5 Å². The Morgan fingerprint density at radius 2 is 1.50 bits per heavy atom. The molecule has 5 fully saturated rings. The highest BCUT2D eigenvalue weighted by Crippen LogP contribution is 2.58. The second kappa shape index (κ2) is 6.67. The maximum atomic E-state index is 13.6. The van der Waals surface area contributed by atoms with Gasteiger partial charge in [0.15, 0.2) is 0 Å². The molecule has 0 aromatic heterocycles. The summed E-state index contributed by atoms with van der Waals surface area (Å²) in [6, 6.07) is 10.7. The van der Waals surface area contributed by atoms with Crippen LogP contribution >= 0.6 is 0 Å². The molecule has 6 rings (SSSR count). The van der Waals surface area contributed by atoms with Crippen molar-refractivity contribution in [3.63, 3.8) is 0 Å². The Bertz CT molecular complexity index is 633. The molecule has 1 aromatic carbocycles. The van der Waals surface area contributed by atoms with E-state index < -0.39 is 0 Å². The minimum Gasteiger partial charge on any atom is -0.340 e. The number of carbonyl (C=O) groups excluding carboxylic acids is 1. The molecule has 3 heteroatoms. The van der Waals surface area contributed by atoms with Crippen molar-refractivity contribution in [1.82, 2.24) is 9.80 Å². The number of hydrogen-bond donors (Lipinski definition) is 0. The lowest BCUT2D eigenvalue weighted by Gasteiger charge is -2.50. The van der Waals surface area contributed by atoms with Crippen molar-refractivity contribution in [2.75, 3.05) is 26.2 Å². The molecule has 0 radical (unpaired) electrons. The SMILES string of the molecule is O=C(N1CCN(Cc2ccccc2)CC1)C12CC3C[C@@H](CC[C@H](C3)C1)C2. The minimum absolute atomic E-state index is 0.0224. The molecule has 5 aliphatic rings. The molecule has 1 amide bonds. The lowest BCUT2D eigenvalue weighted by Crippen LogP contribution is -2.55. The minimum atomic E-state index is 0.0224. The van der Waals surface area contributed by atoms with E-state index in [1.165, 1.54) is 50.5 Å². The number of hydrogen-bond acceptors (Lipinski definition) is 2. The largest absolute Gasteiger partial charge is 0.340 e. The lowest BCUT2D eigenvalue weighted by molar-refractivity contribution is -0.152. The number of benzene rings is 1. The summed E-state index contributed by atoms with van der Waals surface area (Å²) >= 11 is 0. The molecular formula is C23H32N2O. The molecule has 0 N–H and O–H groups in total. The highest BCUT2D eigenvalue weighted by Gasteiger charge is 2.53. The number of rotatable bonds is 3. The molecule has 4 saturated carbocycles. The number of nitrogens with zero attached hydrogens (tertiary/aromatic N) is 2. The van der Waals surface area contributed by atoms with Gasteiger partial charge in [0, 0.05) is 32.7 Å². The summed E-state index contributed by atoms with van der Waals surface area (Å²) in [5.41, 5.74) is 1.40. The van der Waals surface area contributed by atoms with Gasteiger partial charge in [0.05, 0.1) is 5.41 Å². The van der Waals surface area contributed by atoms with Gasteiger partial charge < -0.3 is 4.90 Å². The van der Waals surface area contributed by atoms with Crippen LogP contribution in [0.25, 0.3) is 0 Å². The summed E-state index contributed by atoms with van der Waals surface area (Å²) in [5, 5.41) is 0. The van der Waals surface area contributed by atoms with Gasteiger partial charge in [-0.25, -0.2) is 0 Å². The third-order valence-corrected chi connectivity index (χ3v) is 7.72. The van der Waals surface area contributed by atoms with Crippen molar-refractivity contribution in [3.8, 4) is 0 Å². The highest BCUT2D eigenvalue weighted by molar-refractivity contribution is 5.83. The second-order valence-corrected chi connectivity index (χ2v) is 9.59. The number of fused-ring (bicyclic) bond motifs is 1. The van der Waals surface area contributed by atoms with Gasteiger partial charge in [0.25, 0.3) is 0 Å². The summed E-state index contributed by atoms with van der Waals surface area (Å²) in [7, 11) is 0. The molecule has 4 bridgehead atoms. The molecule has 1 aromatic rings. The average molecular weight is 353 g/mol. The second-order valence-electron chi connectivity index (χ2n) is 9.59. The highest BCUT2D eigenvalue weighted by atomic mass is 16.2. The van der Waals surface area contributed by atoms with Gasteiger partial charge in [-0.15, -0.1) is 0 Å². The van der Waals surface area contributed by atoms with Crippen LogP contribution in [-0.4, -0.2) is 41.9 Å². The maximum absolute atomic E-state index is 13.6. The fourth-order valence-electron chi connectivity index (χ4n) is 6.74. The van der Waals surface area contributed by atoms with E-state index in [-0.39, 0.29) is 5.41 Å². The fraction of sp³-hybridized carbons (Fsp3) is 0.696. The standard InChI is InChI=1S/C23H32N2O/c26-22(23-14-19-6-7-20(15-23)13-21(12-19)16-23)25-10-8-24(9-11-25)17-18-4-2-1-3-5-18/h1-5,19-21H,6-17H2/t19-,20-,21?,23?/m1/s1. The monoisotopic (exact) mass is 352 g/mol. The predicted molar refractivity (Wildman–Crippen MR) is 104 cm³/mol. The van der Waals surface area contributed by atoms with Crippen LogP contribution in [0.5, 0.6) is 0 Å². The number of amides is 1. The van der Waals surface area contributed by atoms with Gasteiger partial charge in [0.1, 0.15) is 0 Å². The number of piperazine rings is 1. The van der Waals surface area contributed by atoms with E-state index in [1.807, 2.05) is 0 Å². The lowest BCUT2D eigenvalue weighted by atomic mass is 9.58. The third-order valence-electron chi connectivity index (χ3n) is 7.72. The topological polar surface area (TPSA) is 23.6 Å². The zero-order valence-electron chi connectivity index (χ0n) is 15.9. The van der Waals surface area contributed by atoms with E-state index in [9.17, 15) is 4.79 Å². The van der Waals surface area contributed by atoms with Gasteiger partial charge >= 0.3 is 0 Å². The van der Waals surface area contributed by atoms with E-state index in [0.29, 0.717) is 5.91 Å². The molecule has 0 spiro atoms. The van der Waals surface area contributed by atoms with Crippen molar-refractivity contribution in [2.24, 2.45) is 23.2 Å². The van der Waals surface area contributed by atoms with Gasteiger partial charge in [-0.1, -0.05) is 43.2 Å². The van der Waals surface area contributed by atoms with Crippen LogP contribution in [0.3, 0.4) is 0 Å². The average Bonchev–Trinajstić information content (AvgIpc) is 2.88. The predicted octanol–water partition coefficient (Wildman–Crippen LogP) is 3.94. The molecular weight excluding hydrogens is 320 g/mol. The van der Waals surface area contributed by atoms with Crippen molar-refractivity contribution < 1.29 is 4.79 Å². The van der Waals surface area contributed by atoms with Crippen molar-refractivity contribution in [1.29, 1.82) is 0 Å². The van der Waals surface area contributed by atoms with Gasteiger partial charge in [-0.05, 0) is 55.4 Å². The summed E-state index contributed by atoms with van der Waals surface area (Å²) in [4.78, 5) is 18.3. The van der Waals surface area contributed by atoms with E-state index in [4.69, 9.17) is 0 Å². The fourth-order valence-corrected chi connectivity index (χ4v) is 6.74. The first-order valence-corrected chi connectivity index (χ1v) is 10.8. The van der Waals surface area contributed by atoms with Crippen LogP contribution < -0.4 is 0 Å². The molecule has 26 heavy (non-hydrogen) atoms. The zero-order valence-corrected chi connectivity index (χ0v) is 15.9. The molecule has 2 atom stereocenters. The third kappa shape index (κ3) is 3.09. The Labute approximate surface area is 157 Å². The smallest absolute Gasteiger partial charge is 0.228 e. The quantitative estimate of drug-likeness (QED) is 0.823. The molecule has 1 aliphatic heterocycles. The van der Waals surface area contributed by atoms with Crippen LogP contribution in [-0.2, 0) is 11.3 Å². The first-order chi connectivity index (χ1) is 12.7. The Morgan fingerprint density at radius 1 is 0.885 bits per heavy atom. The molecule has 0 unspecified atom stereocenters. The van der Waals surface area contributed by atoms with E-state index in [2.05, 4.69) is 40.1 Å². The molecule has 1 saturated heterocycles. The molecule has 4 aliphatic carbocycles. The Hall–Kier alpha value is -1.35. The summed E-state index contributed by atoms with van der Waals surface area (Å²) in [5.74, 6) is 3.05. The summed E-state index contributed by atoms with van der Waals surface area (Å²) in [6.07, 6.45) is 9.20. The van der Waals surface area contributed by atoms with Crippen LogP contribution in [0.4, 0.5) is 0 Å².